The van der Waals surface area contributed by atoms with Crippen LogP contribution in [0.3, 0.4) is 0 Å². The first-order chi connectivity index (χ1) is 13.2. The van der Waals surface area contributed by atoms with E-state index in [4.69, 9.17) is 0 Å². The average molecular weight is 420 g/mol. The molecule has 0 unspecified atom stereocenters. The van der Waals surface area contributed by atoms with Crippen molar-refractivity contribution in [2.24, 2.45) is 0 Å². The second kappa shape index (κ2) is 7.69. The summed E-state index contributed by atoms with van der Waals surface area (Å²) in [6.07, 6.45) is 4.33. The third kappa shape index (κ3) is 3.32. The second-order valence-corrected chi connectivity index (χ2v) is 7.81. The fraction of sp³-hybridized carbons (Fsp3) is 0.208. The summed E-state index contributed by atoms with van der Waals surface area (Å²) >= 11 is 3.61. The van der Waals surface area contributed by atoms with E-state index in [9.17, 15) is 4.79 Å². The number of para-hydroxylation sites is 1. The summed E-state index contributed by atoms with van der Waals surface area (Å²) in [5.41, 5.74) is 3.68. The molecule has 27 heavy (non-hydrogen) atoms. The standard InChI is InChI=1S/C24H22BrNO/c1-2-3-4-13-22-23(19-11-7-8-12-21(19)26-22)24(27)18-14-15-20(25)17-10-6-5-9-16(17)18/h5-12,14-15,26H,2-4,13H2,1H3. The number of aromatic amines is 1. The van der Waals surface area contributed by atoms with Crippen molar-refractivity contribution in [1.82, 2.24) is 4.98 Å². The summed E-state index contributed by atoms with van der Waals surface area (Å²) in [6, 6.07) is 20.1. The van der Waals surface area contributed by atoms with Crippen molar-refractivity contribution in [3.63, 3.8) is 0 Å². The van der Waals surface area contributed by atoms with Crippen molar-refractivity contribution in [2.45, 2.75) is 32.6 Å². The fourth-order valence-corrected chi connectivity index (χ4v) is 4.27. The number of rotatable bonds is 6. The molecule has 1 heterocycles. The van der Waals surface area contributed by atoms with Crippen LogP contribution in [0, 0.1) is 0 Å². The number of H-pyrrole nitrogens is 1. The lowest BCUT2D eigenvalue weighted by Gasteiger charge is -2.09. The highest BCUT2D eigenvalue weighted by atomic mass is 79.9. The number of aromatic nitrogens is 1. The van der Waals surface area contributed by atoms with Crippen LogP contribution in [-0.4, -0.2) is 10.8 Å². The van der Waals surface area contributed by atoms with E-state index in [0.29, 0.717) is 0 Å². The Labute approximate surface area is 167 Å². The number of carbonyl (C=O) groups excluding carboxylic acids is 1. The first-order valence-corrected chi connectivity index (χ1v) is 10.3. The highest BCUT2D eigenvalue weighted by Gasteiger charge is 2.21. The molecule has 0 bridgehead atoms. The van der Waals surface area contributed by atoms with Gasteiger partial charge in [0.15, 0.2) is 5.78 Å². The van der Waals surface area contributed by atoms with E-state index >= 15 is 0 Å². The van der Waals surface area contributed by atoms with E-state index in [0.717, 1.165) is 55.8 Å². The molecule has 0 radical (unpaired) electrons. The maximum atomic E-state index is 13.7. The molecule has 0 atom stereocenters. The van der Waals surface area contributed by atoms with Gasteiger partial charge in [0.05, 0.1) is 5.56 Å². The Morgan fingerprint density at radius 3 is 2.37 bits per heavy atom. The molecule has 3 aromatic carbocycles. The topological polar surface area (TPSA) is 32.9 Å². The molecule has 0 spiro atoms. The molecule has 0 aliphatic heterocycles. The van der Waals surface area contributed by atoms with Gasteiger partial charge in [-0.05, 0) is 41.8 Å². The molecule has 1 N–H and O–H groups in total. The van der Waals surface area contributed by atoms with Crippen molar-refractivity contribution in [3.05, 3.63) is 82.0 Å². The van der Waals surface area contributed by atoms with Crippen LogP contribution < -0.4 is 0 Å². The molecule has 0 aliphatic carbocycles. The number of ketones is 1. The number of fused-ring (bicyclic) bond motifs is 2. The van der Waals surface area contributed by atoms with Crippen LogP contribution in [0.25, 0.3) is 21.7 Å². The van der Waals surface area contributed by atoms with Gasteiger partial charge in [0.1, 0.15) is 0 Å². The van der Waals surface area contributed by atoms with Crippen molar-refractivity contribution in [2.75, 3.05) is 0 Å². The SMILES string of the molecule is CCCCCc1[nH]c2ccccc2c1C(=O)c1ccc(Br)c2ccccc12. The Hall–Kier alpha value is -2.39. The molecule has 0 amide bonds. The van der Waals surface area contributed by atoms with Crippen LogP contribution >= 0.6 is 15.9 Å². The van der Waals surface area contributed by atoms with Gasteiger partial charge < -0.3 is 4.98 Å². The molecule has 0 fully saturated rings. The van der Waals surface area contributed by atoms with Crippen LogP contribution in [0.5, 0.6) is 0 Å². The monoisotopic (exact) mass is 419 g/mol. The number of aryl methyl sites for hydroxylation is 1. The first kappa shape index (κ1) is 18.0. The molecule has 0 saturated heterocycles. The Bertz CT molecular complexity index is 1130. The van der Waals surface area contributed by atoms with Crippen LogP contribution in [0.1, 0.15) is 47.8 Å². The normalized spacial score (nSPS) is 11.3. The van der Waals surface area contributed by atoms with Crippen molar-refractivity contribution < 1.29 is 4.79 Å². The summed E-state index contributed by atoms with van der Waals surface area (Å²) in [7, 11) is 0. The van der Waals surface area contributed by atoms with Crippen molar-refractivity contribution in [3.8, 4) is 0 Å². The quantitative estimate of drug-likeness (QED) is 0.263. The molecule has 1 aromatic heterocycles. The lowest BCUT2D eigenvalue weighted by molar-refractivity contribution is 0.104. The maximum absolute atomic E-state index is 13.7. The van der Waals surface area contributed by atoms with Gasteiger partial charge in [0.25, 0.3) is 0 Å². The number of hydrogen-bond acceptors (Lipinski definition) is 1. The number of benzene rings is 3. The Balaban J connectivity index is 1.88. The molecular formula is C24H22BrNO. The summed E-state index contributed by atoms with van der Waals surface area (Å²) in [4.78, 5) is 17.2. The summed E-state index contributed by atoms with van der Waals surface area (Å²) in [5.74, 6) is 0.0997. The molecule has 3 heteroatoms. The zero-order chi connectivity index (χ0) is 18.8. The highest BCUT2D eigenvalue weighted by Crippen LogP contribution is 2.32. The average Bonchev–Trinajstić information content (AvgIpc) is 3.06. The Morgan fingerprint density at radius 1 is 0.889 bits per heavy atom. The molecule has 2 nitrogen and oxygen atoms in total. The van der Waals surface area contributed by atoms with Gasteiger partial charge in [-0.3, -0.25) is 4.79 Å². The maximum Gasteiger partial charge on any atom is 0.196 e. The number of halogens is 1. The van der Waals surface area contributed by atoms with E-state index in [1.165, 1.54) is 12.8 Å². The van der Waals surface area contributed by atoms with Gasteiger partial charge in [-0.2, -0.15) is 0 Å². The van der Waals surface area contributed by atoms with Gasteiger partial charge in [-0.15, -0.1) is 0 Å². The number of unbranched alkanes of at least 4 members (excludes halogenated alkanes) is 2. The number of nitrogens with one attached hydrogen (secondary N) is 1. The second-order valence-electron chi connectivity index (χ2n) is 6.95. The summed E-state index contributed by atoms with van der Waals surface area (Å²) in [6.45, 7) is 2.20. The minimum absolute atomic E-state index is 0.0997. The minimum Gasteiger partial charge on any atom is -0.358 e. The van der Waals surface area contributed by atoms with Gasteiger partial charge >= 0.3 is 0 Å². The lowest BCUT2D eigenvalue weighted by atomic mass is 9.94. The zero-order valence-electron chi connectivity index (χ0n) is 15.4. The van der Waals surface area contributed by atoms with Crippen LogP contribution in [0.15, 0.2) is 65.1 Å². The first-order valence-electron chi connectivity index (χ1n) is 9.52. The van der Waals surface area contributed by atoms with E-state index < -0.39 is 0 Å². The largest absolute Gasteiger partial charge is 0.358 e. The van der Waals surface area contributed by atoms with E-state index in [-0.39, 0.29) is 5.78 Å². The Morgan fingerprint density at radius 2 is 1.59 bits per heavy atom. The van der Waals surface area contributed by atoms with Crippen LogP contribution in [0.4, 0.5) is 0 Å². The van der Waals surface area contributed by atoms with Crippen LogP contribution in [-0.2, 0) is 6.42 Å². The Kier molecular flexibility index (Phi) is 5.13. The van der Waals surface area contributed by atoms with E-state index in [1.54, 1.807) is 0 Å². The smallest absolute Gasteiger partial charge is 0.196 e. The highest BCUT2D eigenvalue weighted by molar-refractivity contribution is 9.10. The van der Waals surface area contributed by atoms with Crippen molar-refractivity contribution >= 4 is 43.4 Å². The van der Waals surface area contributed by atoms with E-state index in [2.05, 4.69) is 33.9 Å². The van der Waals surface area contributed by atoms with Gasteiger partial charge in [-0.25, -0.2) is 0 Å². The van der Waals surface area contributed by atoms with E-state index in [1.807, 2.05) is 54.6 Å². The minimum atomic E-state index is 0.0997. The third-order valence-electron chi connectivity index (χ3n) is 5.16. The fourth-order valence-electron chi connectivity index (χ4n) is 3.79. The predicted octanol–water partition coefficient (Wildman–Crippen LogP) is 7.05. The molecule has 4 rings (SSSR count). The molecule has 0 aliphatic rings. The third-order valence-corrected chi connectivity index (χ3v) is 5.85. The molecule has 136 valence electrons. The van der Waals surface area contributed by atoms with Gasteiger partial charge in [-0.1, -0.05) is 78.2 Å². The number of hydrogen-bond donors (Lipinski definition) is 1. The zero-order valence-corrected chi connectivity index (χ0v) is 17.0. The molecular weight excluding hydrogens is 398 g/mol. The summed E-state index contributed by atoms with van der Waals surface area (Å²) in [5, 5.41) is 3.07. The van der Waals surface area contributed by atoms with Gasteiger partial charge in [0, 0.05) is 26.6 Å². The molecule has 4 aromatic rings. The number of carbonyl (C=O) groups is 1. The predicted molar refractivity (Wildman–Crippen MR) is 117 cm³/mol. The lowest BCUT2D eigenvalue weighted by Crippen LogP contribution is -2.05. The van der Waals surface area contributed by atoms with Crippen molar-refractivity contribution in [1.29, 1.82) is 0 Å². The molecule has 0 saturated carbocycles. The van der Waals surface area contributed by atoms with Gasteiger partial charge in [0.2, 0.25) is 0 Å². The summed E-state index contributed by atoms with van der Waals surface area (Å²) < 4.78 is 1.01. The van der Waals surface area contributed by atoms with Crippen LogP contribution in [0.2, 0.25) is 0 Å².